The highest BCUT2D eigenvalue weighted by Gasteiger charge is 2.09. The summed E-state index contributed by atoms with van der Waals surface area (Å²) in [6.45, 7) is 5.00. The first-order valence-electron chi connectivity index (χ1n) is 8.64. The van der Waals surface area contributed by atoms with Gasteiger partial charge in [0.25, 0.3) is 0 Å². The molecular formula is C19H24N6S. The lowest BCUT2D eigenvalue weighted by Gasteiger charge is -2.19. The van der Waals surface area contributed by atoms with Crippen molar-refractivity contribution in [3.05, 3.63) is 64.4 Å². The summed E-state index contributed by atoms with van der Waals surface area (Å²) in [5.74, 6) is 0.787. The van der Waals surface area contributed by atoms with Crippen molar-refractivity contribution in [3.8, 4) is 5.69 Å². The molecule has 0 aliphatic heterocycles. The van der Waals surface area contributed by atoms with E-state index in [2.05, 4.69) is 51.7 Å². The zero-order valence-corrected chi connectivity index (χ0v) is 16.1. The maximum atomic E-state index is 4.39. The molecule has 0 saturated heterocycles. The third-order valence-electron chi connectivity index (χ3n) is 4.02. The zero-order chi connectivity index (χ0) is 18.4. The van der Waals surface area contributed by atoms with Crippen LogP contribution in [0.4, 0.5) is 0 Å². The topological polar surface area (TPSA) is 67.1 Å². The maximum Gasteiger partial charge on any atom is 0.191 e. The molecule has 3 aromatic rings. The van der Waals surface area contributed by atoms with Gasteiger partial charge in [-0.2, -0.15) is 5.10 Å². The minimum absolute atomic E-state index is 0.124. The minimum Gasteiger partial charge on any atom is -0.356 e. The first kappa shape index (κ1) is 18.1. The Morgan fingerprint density at radius 1 is 1.35 bits per heavy atom. The monoisotopic (exact) mass is 368 g/mol. The number of hydrogen-bond donors (Lipinski definition) is 2. The Labute approximate surface area is 158 Å². The number of guanidine groups is 1. The first-order valence-corrected chi connectivity index (χ1v) is 9.46. The van der Waals surface area contributed by atoms with Gasteiger partial charge in [0.05, 0.1) is 16.7 Å². The largest absolute Gasteiger partial charge is 0.356 e. The van der Waals surface area contributed by atoms with E-state index < -0.39 is 0 Å². The molecule has 0 saturated carbocycles. The Morgan fingerprint density at radius 2 is 2.23 bits per heavy atom. The summed E-state index contributed by atoms with van der Waals surface area (Å²) in [7, 11) is 1.79. The molecule has 0 fully saturated rings. The van der Waals surface area contributed by atoms with Gasteiger partial charge >= 0.3 is 0 Å². The van der Waals surface area contributed by atoms with E-state index in [4.69, 9.17) is 0 Å². The van der Waals surface area contributed by atoms with Crippen LogP contribution >= 0.6 is 11.3 Å². The molecule has 0 spiro atoms. The van der Waals surface area contributed by atoms with Gasteiger partial charge in [0.15, 0.2) is 5.96 Å². The lowest BCUT2D eigenvalue weighted by molar-refractivity contribution is 0.682. The Morgan fingerprint density at radius 3 is 2.92 bits per heavy atom. The molecule has 3 rings (SSSR count). The van der Waals surface area contributed by atoms with Crippen LogP contribution in [0.3, 0.4) is 0 Å². The third-order valence-corrected chi connectivity index (χ3v) is 4.99. The zero-order valence-electron chi connectivity index (χ0n) is 15.3. The molecule has 26 heavy (non-hydrogen) atoms. The molecule has 1 unspecified atom stereocenters. The number of aromatic nitrogens is 3. The number of benzene rings is 1. The van der Waals surface area contributed by atoms with Crippen LogP contribution in [0.1, 0.15) is 28.4 Å². The fourth-order valence-corrected chi connectivity index (χ4v) is 3.43. The number of aryl methyl sites for hydroxylation is 1. The molecule has 0 radical (unpaired) electrons. The van der Waals surface area contributed by atoms with E-state index in [0.717, 1.165) is 29.6 Å². The number of aliphatic imine (C=N–C) groups is 1. The molecule has 6 nitrogen and oxygen atoms in total. The average molecular weight is 369 g/mol. The third kappa shape index (κ3) is 4.70. The summed E-state index contributed by atoms with van der Waals surface area (Å²) in [6, 6.07) is 10.4. The quantitative estimate of drug-likeness (QED) is 0.518. The van der Waals surface area contributed by atoms with Gasteiger partial charge in [0.2, 0.25) is 0 Å². The summed E-state index contributed by atoms with van der Waals surface area (Å²) in [5.41, 5.74) is 2.22. The average Bonchev–Trinajstić information content (AvgIpc) is 3.33. The van der Waals surface area contributed by atoms with Crippen molar-refractivity contribution in [3.63, 3.8) is 0 Å². The van der Waals surface area contributed by atoms with Crippen LogP contribution in [0.25, 0.3) is 5.69 Å². The van der Waals surface area contributed by atoms with Gasteiger partial charge in [-0.25, -0.2) is 9.67 Å². The molecule has 7 heteroatoms. The molecular weight excluding hydrogens is 344 g/mol. The van der Waals surface area contributed by atoms with E-state index in [1.165, 1.54) is 10.4 Å². The van der Waals surface area contributed by atoms with Crippen LogP contribution in [0.15, 0.2) is 53.9 Å². The fraction of sp³-hybridized carbons (Fsp3) is 0.316. The molecule has 2 heterocycles. The van der Waals surface area contributed by atoms with Crippen LogP contribution in [-0.4, -0.2) is 34.3 Å². The van der Waals surface area contributed by atoms with E-state index in [1.807, 2.05) is 35.3 Å². The van der Waals surface area contributed by atoms with Gasteiger partial charge in [0.1, 0.15) is 0 Å². The van der Waals surface area contributed by atoms with Gasteiger partial charge in [-0.05, 0) is 37.6 Å². The number of hydrogen-bond acceptors (Lipinski definition) is 4. The van der Waals surface area contributed by atoms with E-state index in [-0.39, 0.29) is 6.04 Å². The number of nitrogens with zero attached hydrogens (tertiary/aromatic N) is 4. The van der Waals surface area contributed by atoms with Crippen molar-refractivity contribution < 1.29 is 0 Å². The molecule has 1 aromatic carbocycles. The van der Waals surface area contributed by atoms with Crippen molar-refractivity contribution in [2.24, 2.45) is 4.99 Å². The predicted octanol–water partition coefficient (Wildman–Crippen LogP) is 3.11. The van der Waals surface area contributed by atoms with Gasteiger partial charge in [-0.3, -0.25) is 4.99 Å². The normalized spacial score (nSPS) is 12.8. The second kappa shape index (κ2) is 8.62. The second-order valence-electron chi connectivity index (χ2n) is 6.03. The van der Waals surface area contributed by atoms with Gasteiger partial charge < -0.3 is 10.6 Å². The number of rotatable bonds is 6. The fourth-order valence-electron chi connectivity index (χ4n) is 2.65. The van der Waals surface area contributed by atoms with Crippen LogP contribution < -0.4 is 10.6 Å². The van der Waals surface area contributed by atoms with Crippen LogP contribution in [-0.2, 0) is 6.42 Å². The molecule has 2 N–H and O–H groups in total. The Bertz CT molecular complexity index is 853. The second-order valence-corrected chi connectivity index (χ2v) is 7.34. The first-order chi connectivity index (χ1) is 12.7. The van der Waals surface area contributed by atoms with Crippen LogP contribution in [0.5, 0.6) is 0 Å². The SMILES string of the molecule is CN=C(NCCc1ncc(C)s1)NC(C)c1cccc(-n2cccn2)c1. The Kier molecular flexibility index (Phi) is 6.01. The molecule has 1 atom stereocenters. The number of thiazole rings is 1. The summed E-state index contributed by atoms with van der Waals surface area (Å²) < 4.78 is 1.86. The van der Waals surface area contributed by atoms with E-state index in [9.17, 15) is 0 Å². The highest BCUT2D eigenvalue weighted by atomic mass is 32.1. The molecule has 136 valence electrons. The van der Waals surface area contributed by atoms with Gasteiger partial charge in [0, 0.05) is 43.5 Å². The van der Waals surface area contributed by atoms with Crippen molar-refractivity contribution in [1.82, 2.24) is 25.4 Å². The molecule has 0 aliphatic carbocycles. The van der Waals surface area contributed by atoms with Gasteiger partial charge in [-0.15, -0.1) is 11.3 Å². The van der Waals surface area contributed by atoms with Crippen molar-refractivity contribution in [2.75, 3.05) is 13.6 Å². The highest BCUT2D eigenvalue weighted by molar-refractivity contribution is 7.11. The standard InChI is InChI=1S/C19H24N6S/c1-14-13-22-18(26-14)8-10-21-19(20-3)24-15(2)16-6-4-7-17(12-16)25-11-5-9-23-25/h4-7,9,11-13,15H,8,10H2,1-3H3,(H2,20,21,24). The lowest BCUT2D eigenvalue weighted by atomic mass is 10.1. The van der Waals surface area contributed by atoms with Crippen molar-refractivity contribution >= 4 is 17.3 Å². The van der Waals surface area contributed by atoms with Crippen LogP contribution in [0.2, 0.25) is 0 Å². The van der Waals surface area contributed by atoms with Crippen molar-refractivity contribution in [1.29, 1.82) is 0 Å². The lowest BCUT2D eigenvalue weighted by Crippen LogP contribution is -2.39. The Balaban J connectivity index is 1.57. The molecule has 2 aromatic heterocycles. The smallest absolute Gasteiger partial charge is 0.191 e. The number of nitrogens with one attached hydrogen (secondary N) is 2. The summed E-state index contributed by atoms with van der Waals surface area (Å²) in [6.07, 6.45) is 6.53. The van der Waals surface area contributed by atoms with E-state index >= 15 is 0 Å². The van der Waals surface area contributed by atoms with E-state index in [0.29, 0.717) is 0 Å². The summed E-state index contributed by atoms with van der Waals surface area (Å²) >= 11 is 1.74. The van der Waals surface area contributed by atoms with Gasteiger partial charge in [-0.1, -0.05) is 12.1 Å². The highest BCUT2D eigenvalue weighted by Crippen LogP contribution is 2.16. The molecule has 0 aliphatic rings. The van der Waals surface area contributed by atoms with Crippen LogP contribution in [0, 0.1) is 6.92 Å². The Hall–Kier alpha value is -2.67. The summed E-state index contributed by atoms with van der Waals surface area (Å²) in [5, 5.41) is 12.2. The van der Waals surface area contributed by atoms with E-state index in [1.54, 1.807) is 24.6 Å². The molecule has 0 bridgehead atoms. The minimum atomic E-state index is 0.124. The van der Waals surface area contributed by atoms with Crippen molar-refractivity contribution in [2.45, 2.75) is 26.3 Å². The molecule has 0 amide bonds. The summed E-state index contributed by atoms with van der Waals surface area (Å²) in [4.78, 5) is 9.96. The maximum absolute atomic E-state index is 4.39. The predicted molar refractivity (Wildman–Crippen MR) is 107 cm³/mol.